The quantitative estimate of drug-likeness (QED) is 0.866. The lowest BCUT2D eigenvalue weighted by molar-refractivity contribution is 0.149. The minimum atomic E-state index is -0.659. The molecule has 0 spiro atoms. The van der Waals surface area contributed by atoms with Crippen LogP contribution in [0.4, 0.5) is 0 Å². The van der Waals surface area contributed by atoms with E-state index in [0.717, 1.165) is 46.4 Å². The second-order valence-corrected chi connectivity index (χ2v) is 5.62. The molecule has 1 saturated carbocycles. The van der Waals surface area contributed by atoms with E-state index in [2.05, 4.69) is 15.9 Å². The molecule has 0 aromatic heterocycles. The molecule has 1 aliphatic carbocycles. The van der Waals surface area contributed by atoms with Crippen molar-refractivity contribution >= 4 is 15.9 Å². The molecule has 0 amide bonds. The highest BCUT2D eigenvalue weighted by molar-refractivity contribution is 9.10. The molecule has 17 heavy (non-hydrogen) atoms. The molecule has 92 valence electrons. The molecule has 1 aromatic carbocycles. The fraction of sp³-hybridized carbons (Fsp3) is 0.538. The summed E-state index contributed by atoms with van der Waals surface area (Å²) in [6, 6.07) is 1.92. The highest BCUT2D eigenvalue weighted by Crippen LogP contribution is 2.52. The van der Waals surface area contributed by atoms with Gasteiger partial charge < -0.3 is 14.6 Å². The van der Waals surface area contributed by atoms with Crippen LogP contribution >= 0.6 is 15.9 Å². The summed E-state index contributed by atoms with van der Waals surface area (Å²) in [6.07, 6.45) is 2.55. The molecule has 1 fully saturated rings. The van der Waals surface area contributed by atoms with Crippen molar-refractivity contribution in [3.05, 3.63) is 21.7 Å². The maximum atomic E-state index is 10.3. The van der Waals surface area contributed by atoms with E-state index in [-0.39, 0.29) is 0 Å². The van der Waals surface area contributed by atoms with Gasteiger partial charge in [-0.25, -0.2) is 0 Å². The average molecular weight is 299 g/mol. The number of benzene rings is 1. The third-order valence-electron chi connectivity index (χ3n) is 3.42. The zero-order valence-corrected chi connectivity index (χ0v) is 11.3. The molecule has 1 aliphatic heterocycles. The smallest absolute Gasteiger partial charge is 0.164 e. The molecule has 2 aliphatic rings. The third kappa shape index (κ3) is 1.83. The van der Waals surface area contributed by atoms with Gasteiger partial charge in [-0.1, -0.05) is 15.9 Å². The number of fused-ring (bicyclic) bond motifs is 1. The summed E-state index contributed by atoms with van der Waals surface area (Å²) in [4.78, 5) is 0. The summed E-state index contributed by atoms with van der Waals surface area (Å²) < 4.78 is 12.3. The van der Waals surface area contributed by atoms with E-state index in [1.807, 2.05) is 13.0 Å². The van der Waals surface area contributed by atoms with E-state index in [1.165, 1.54) is 0 Å². The van der Waals surface area contributed by atoms with E-state index < -0.39 is 5.60 Å². The Morgan fingerprint density at radius 1 is 1.29 bits per heavy atom. The Morgan fingerprint density at radius 2 is 2.00 bits per heavy atom. The van der Waals surface area contributed by atoms with Gasteiger partial charge in [0.05, 0.1) is 18.8 Å². The van der Waals surface area contributed by atoms with Crippen LogP contribution in [-0.2, 0) is 5.60 Å². The van der Waals surface area contributed by atoms with E-state index in [0.29, 0.717) is 13.2 Å². The van der Waals surface area contributed by atoms with Gasteiger partial charge in [-0.2, -0.15) is 0 Å². The van der Waals surface area contributed by atoms with Gasteiger partial charge in [0.1, 0.15) is 0 Å². The van der Waals surface area contributed by atoms with Crippen molar-refractivity contribution < 1.29 is 14.6 Å². The largest absolute Gasteiger partial charge is 0.490 e. The highest BCUT2D eigenvalue weighted by atomic mass is 79.9. The van der Waals surface area contributed by atoms with Crippen LogP contribution in [0.1, 0.15) is 30.4 Å². The van der Waals surface area contributed by atoms with Crippen molar-refractivity contribution in [1.29, 1.82) is 0 Å². The number of hydrogen-bond acceptors (Lipinski definition) is 3. The summed E-state index contributed by atoms with van der Waals surface area (Å²) in [5.41, 5.74) is 1.30. The highest BCUT2D eigenvalue weighted by Gasteiger charge is 2.45. The van der Waals surface area contributed by atoms with E-state index in [9.17, 15) is 5.11 Å². The van der Waals surface area contributed by atoms with Crippen molar-refractivity contribution in [3.63, 3.8) is 0 Å². The van der Waals surface area contributed by atoms with Crippen molar-refractivity contribution in [2.24, 2.45) is 0 Å². The minimum Gasteiger partial charge on any atom is -0.490 e. The van der Waals surface area contributed by atoms with Gasteiger partial charge in [0.25, 0.3) is 0 Å². The molecule has 3 nitrogen and oxygen atoms in total. The molecule has 0 atom stereocenters. The van der Waals surface area contributed by atoms with Gasteiger partial charge in [-0.05, 0) is 25.8 Å². The van der Waals surface area contributed by atoms with Crippen molar-refractivity contribution in [1.82, 2.24) is 0 Å². The molecule has 1 heterocycles. The summed E-state index contributed by atoms with van der Waals surface area (Å²) in [6.45, 7) is 3.35. The monoisotopic (exact) mass is 298 g/mol. The van der Waals surface area contributed by atoms with Crippen LogP contribution < -0.4 is 9.47 Å². The van der Waals surface area contributed by atoms with Crippen LogP contribution in [0.5, 0.6) is 11.5 Å². The van der Waals surface area contributed by atoms with E-state index >= 15 is 0 Å². The first-order chi connectivity index (χ1) is 8.12. The van der Waals surface area contributed by atoms with Gasteiger partial charge in [0.2, 0.25) is 0 Å². The Hall–Kier alpha value is -0.740. The molecule has 0 unspecified atom stereocenters. The zero-order chi connectivity index (χ0) is 12.0. The molecular formula is C13H15BrO3. The van der Waals surface area contributed by atoms with E-state index in [4.69, 9.17) is 9.47 Å². The Kier molecular flexibility index (Phi) is 2.60. The third-order valence-corrected chi connectivity index (χ3v) is 4.04. The number of halogens is 1. The summed E-state index contributed by atoms with van der Waals surface area (Å²) in [5, 5.41) is 10.3. The second-order valence-electron chi connectivity index (χ2n) is 4.77. The second kappa shape index (κ2) is 3.89. The number of rotatable bonds is 1. The Morgan fingerprint density at radius 3 is 2.71 bits per heavy atom. The number of hydrogen-bond donors (Lipinski definition) is 1. The van der Waals surface area contributed by atoms with Crippen LogP contribution in [0.3, 0.4) is 0 Å². The molecule has 0 bridgehead atoms. The molecule has 3 rings (SSSR count). The SMILES string of the molecule is Cc1c2c(cc(Br)c1C1(O)CC1)OCCCO2. The Balaban J connectivity index is 2.15. The van der Waals surface area contributed by atoms with Crippen LogP contribution in [0.2, 0.25) is 0 Å². The fourth-order valence-electron chi connectivity index (χ4n) is 2.37. The van der Waals surface area contributed by atoms with Crippen LogP contribution in [0.15, 0.2) is 10.5 Å². The summed E-state index contributed by atoms with van der Waals surface area (Å²) in [7, 11) is 0. The van der Waals surface area contributed by atoms with Gasteiger partial charge in [-0.15, -0.1) is 0 Å². The Bertz CT molecular complexity index is 466. The minimum absolute atomic E-state index is 0.659. The molecule has 4 heteroatoms. The topological polar surface area (TPSA) is 38.7 Å². The van der Waals surface area contributed by atoms with Gasteiger partial charge in [-0.3, -0.25) is 0 Å². The maximum absolute atomic E-state index is 10.3. The molecular weight excluding hydrogens is 284 g/mol. The predicted molar refractivity (Wildman–Crippen MR) is 67.6 cm³/mol. The van der Waals surface area contributed by atoms with Crippen molar-refractivity contribution in [3.8, 4) is 11.5 Å². The van der Waals surface area contributed by atoms with Gasteiger partial charge >= 0.3 is 0 Å². The molecule has 1 N–H and O–H groups in total. The lowest BCUT2D eigenvalue weighted by atomic mass is 10.0. The normalized spacial score (nSPS) is 20.9. The van der Waals surface area contributed by atoms with Gasteiger partial charge in [0, 0.05) is 22.0 Å². The van der Waals surface area contributed by atoms with Crippen LogP contribution in [-0.4, -0.2) is 18.3 Å². The molecule has 0 saturated heterocycles. The summed E-state index contributed by atoms with van der Waals surface area (Å²) >= 11 is 3.53. The van der Waals surface area contributed by atoms with Crippen LogP contribution in [0.25, 0.3) is 0 Å². The lowest BCUT2D eigenvalue weighted by Crippen LogP contribution is -2.09. The molecule has 0 radical (unpaired) electrons. The van der Waals surface area contributed by atoms with Gasteiger partial charge in [0.15, 0.2) is 11.5 Å². The standard InChI is InChI=1S/C13H15BrO3/c1-8-11(13(15)3-4-13)9(14)7-10-12(8)17-6-2-5-16-10/h7,15H,2-6H2,1H3. The number of aliphatic hydroxyl groups is 1. The van der Waals surface area contributed by atoms with Crippen LogP contribution in [0, 0.1) is 6.92 Å². The first-order valence-corrected chi connectivity index (χ1v) is 6.73. The fourth-order valence-corrected chi connectivity index (χ4v) is 3.25. The lowest BCUT2D eigenvalue weighted by Gasteiger charge is -2.19. The van der Waals surface area contributed by atoms with Crippen molar-refractivity contribution in [2.45, 2.75) is 31.8 Å². The van der Waals surface area contributed by atoms with E-state index in [1.54, 1.807) is 0 Å². The Labute approximate surface area is 109 Å². The zero-order valence-electron chi connectivity index (χ0n) is 9.75. The average Bonchev–Trinajstić information content (AvgIpc) is 3.02. The predicted octanol–water partition coefficient (Wildman–Crippen LogP) is 2.90. The summed E-state index contributed by atoms with van der Waals surface area (Å²) in [5.74, 6) is 1.57. The van der Waals surface area contributed by atoms with Crippen molar-refractivity contribution in [2.75, 3.05) is 13.2 Å². The first-order valence-electron chi connectivity index (χ1n) is 5.93. The number of ether oxygens (including phenoxy) is 2. The maximum Gasteiger partial charge on any atom is 0.164 e. The first kappa shape index (κ1) is 11.4. The molecule has 1 aromatic rings.